The Hall–Kier alpha value is -1.02. The van der Waals surface area contributed by atoms with Gasteiger partial charge in [-0.3, -0.25) is 0 Å². The summed E-state index contributed by atoms with van der Waals surface area (Å²) in [6, 6.07) is 7.26. The normalized spacial score (nSPS) is 28.9. The molecule has 1 aliphatic carbocycles. The van der Waals surface area contributed by atoms with Crippen molar-refractivity contribution in [3.8, 4) is 5.75 Å². The molecule has 3 unspecified atom stereocenters. The fourth-order valence-corrected chi connectivity index (χ4v) is 3.03. The summed E-state index contributed by atoms with van der Waals surface area (Å²) in [5.41, 5.74) is 2.71. The van der Waals surface area contributed by atoms with Crippen LogP contribution in [0.15, 0.2) is 18.2 Å². The third-order valence-electron chi connectivity index (χ3n) is 4.15. The van der Waals surface area contributed by atoms with Crippen LogP contribution in [0.5, 0.6) is 5.75 Å². The molecule has 0 aromatic heterocycles. The van der Waals surface area contributed by atoms with Gasteiger partial charge in [-0.25, -0.2) is 0 Å². The molecule has 0 bridgehead atoms. The van der Waals surface area contributed by atoms with Crippen LogP contribution in [0, 0.1) is 12.8 Å². The third-order valence-corrected chi connectivity index (χ3v) is 4.15. The molecule has 1 N–H and O–H groups in total. The highest BCUT2D eigenvalue weighted by atomic mass is 16.5. The van der Waals surface area contributed by atoms with Crippen molar-refractivity contribution in [3.05, 3.63) is 29.3 Å². The highest BCUT2D eigenvalue weighted by Crippen LogP contribution is 2.35. The van der Waals surface area contributed by atoms with Gasteiger partial charge in [0.2, 0.25) is 0 Å². The lowest BCUT2D eigenvalue weighted by Crippen LogP contribution is -2.32. The Morgan fingerprint density at radius 3 is 3.11 bits per heavy atom. The average molecular weight is 245 g/mol. The van der Waals surface area contributed by atoms with Crippen LogP contribution in [0.4, 0.5) is 0 Å². The zero-order chi connectivity index (χ0) is 12.5. The van der Waals surface area contributed by atoms with E-state index < -0.39 is 0 Å². The van der Waals surface area contributed by atoms with Crippen LogP contribution in [0.2, 0.25) is 0 Å². The first-order valence-corrected chi connectivity index (χ1v) is 7.26. The van der Waals surface area contributed by atoms with Crippen LogP contribution >= 0.6 is 0 Å². The SMILES string of the molecule is CCCC1CC1NCC1Cc2cc(C)ccc2O1. The molecule has 1 fully saturated rings. The molecule has 1 aromatic rings. The number of rotatable bonds is 5. The second-order valence-electron chi connectivity index (χ2n) is 5.85. The van der Waals surface area contributed by atoms with Gasteiger partial charge in [0, 0.05) is 19.0 Å². The van der Waals surface area contributed by atoms with E-state index in [1.165, 1.54) is 30.4 Å². The first-order valence-electron chi connectivity index (χ1n) is 7.26. The third kappa shape index (κ3) is 2.54. The Morgan fingerprint density at radius 1 is 1.39 bits per heavy atom. The predicted molar refractivity (Wildman–Crippen MR) is 74.1 cm³/mol. The quantitative estimate of drug-likeness (QED) is 0.860. The van der Waals surface area contributed by atoms with Crippen molar-refractivity contribution in [1.82, 2.24) is 5.32 Å². The molecule has 1 heterocycles. The summed E-state index contributed by atoms with van der Waals surface area (Å²) in [5, 5.41) is 3.66. The minimum Gasteiger partial charge on any atom is -0.488 e. The number of fused-ring (bicyclic) bond motifs is 1. The van der Waals surface area contributed by atoms with E-state index in [2.05, 4.69) is 37.4 Å². The number of aryl methyl sites for hydroxylation is 1. The molecule has 2 nitrogen and oxygen atoms in total. The summed E-state index contributed by atoms with van der Waals surface area (Å²) in [7, 11) is 0. The highest BCUT2D eigenvalue weighted by Gasteiger charge is 2.36. The van der Waals surface area contributed by atoms with Crippen LogP contribution in [0.1, 0.15) is 37.3 Å². The van der Waals surface area contributed by atoms with Gasteiger partial charge < -0.3 is 10.1 Å². The lowest BCUT2D eigenvalue weighted by Gasteiger charge is -2.11. The maximum atomic E-state index is 5.97. The first-order chi connectivity index (χ1) is 8.76. The molecule has 1 aromatic carbocycles. The minimum atomic E-state index is 0.338. The zero-order valence-electron chi connectivity index (χ0n) is 11.4. The van der Waals surface area contributed by atoms with Gasteiger partial charge in [0.15, 0.2) is 0 Å². The van der Waals surface area contributed by atoms with Gasteiger partial charge in [-0.2, -0.15) is 0 Å². The minimum absolute atomic E-state index is 0.338. The molecule has 0 amide bonds. The summed E-state index contributed by atoms with van der Waals surface area (Å²) in [6.07, 6.45) is 5.46. The fraction of sp³-hybridized carbons (Fsp3) is 0.625. The van der Waals surface area contributed by atoms with Crippen LogP contribution in [-0.2, 0) is 6.42 Å². The Labute approximate surface area is 110 Å². The molecule has 1 aliphatic heterocycles. The van der Waals surface area contributed by atoms with Crippen LogP contribution < -0.4 is 10.1 Å². The number of ether oxygens (including phenoxy) is 1. The maximum absolute atomic E-state index is 5.97. The van der Waals surface area contributed by atoms with Gasteiger partial charge in [-0.1, -0.05) is 31.0 Å². The van der Waals surface area contributed by atoms with Crippen LogP contribution in [-0.4, -0.2) is 18.7 Å². The van der Waals surface area contributed by atoms with E-state index in [1.807, 2.05) is 0 Å². The first kappa shape index (κ1) is 12.0. The number of hydrogen-bond acceptors (Lipinski definition) is 2. The molecule has 3 rings (SSSR count). The van der Waals surface area contributed by atoms with Crippen molar-refractivity contribution in [2.75, 3.05) is 6.54 Å². The Kier molecular flexibility index (Phi) is 3.29. The van der Waals surface area contributed by atoms with Gasteiger partial charge in [-0.15, -0.1) is 0 Å². The molecule has 0 saturated heterocycles. The molecule has 2 aliphatic rings. The van der Waals surface area contributed by atoms with Crippen molar-refractivity contribution < 1.29 is 4.74 Å². The highest BCUT2D eigenvalue weighted by molar-refractivity contribution is 5.40. The van der Waals surface area contributed by atoms with Crippen molar-refractivity contribution in [2.45, 2.75) is 51.7 Å². The number of benzene rings is 1. The molecular formula is C16H23NO. The number of nitrogens with one attached hydrogen (secondary N) is 1. The van der Waals surface area contributed by atoms with E-state index >= 15 is 0 Å². The molecule has 3 atom stereocenters. The van der Waals surface area contributed by atoms with Gasteiger partial charge in [0.05, 0.1) is 0 Å². The second-order valence-corrected chi connectivity index (χ2v) is 5.85. The standard InChI is InChI=1S/C16H23NO/c1-3-4-12-9-15(12)17-10-14-8-13-7-11(2)5-6-16(13)18-14/h5-7,12,14-15,17H,3-4,8-10H2,1-2H3. The topological polar surface area (TPSA) is 21.3 Å². The molecule has 98 valence electrons. The van der Waals surface area contributed by atoms with Crippen molar-refractivity contribution >= 4 is 0 Å². The van der Waals surface area contributed by atoms with Gasteiger partial charge in [0.25, 0.3) is 0 Å². The zero-order valence-corrected chi connectivity index (χ0v) is 11.4. The van der Waals surface area contributed by atoms with Gasteiger partial charge in [0.1, 0.15) is 11.9 Å². The Balaban J connectivity index is 1.47. The Bertz CT molecular complexity index is 429. The van der Waals surface area contributed by atoms with Gasteiger partial charge in [-0.05, 0) is 37.3 Å². The van der Waals surface area contributed by atoms with E-state index in [0.29, 0.717) is 6.10 Å². The maximum Gasteiger partial charge on any atom is 0.123 e. The Morgan fingerprint density at radius 2 is 2.28 bits per heavy atom. The summed E-state index contributed by atoms with van der Waals surface area (Å²) in [4.78, 5) is 0. The summed E-state index contributed by atoms with van der Waals surface area (Å²) < 4.78 is 5.97. The lowest BCUT2D eigenvalue weighted by molar-refractivity contribution is 0.226. The van der Waals surface area contributed by atoms with E-state index in [9.17, 15) is 0 Å². The van der Waals surface area contributed by atoms with Crippen LogP contribution in [0.25, 0.3) is 0 Å². The van der Waals surface area contributed by atoms with Crippen LogP contribution in [0.3, 0.4) is 0 Å². The monoisotopic (exact) mass is 245 g/mol. The predicted octanol–water partition coefficient (Wildman–Crippen LogP) is 3.08. The lowest BCUT2D eigenvalue weighted by atomic mass is 10.1. The van der Waals surface area contributed by atoms with Gasteiger partial charge >= 0.3 is 0 Å². The molecular weight excluding hydrogens is 222 g/mol. The summed E-state index contributed by atoms with van der Waals surface area (Å²) in [5.74, 6) is 2.02. The van der Waals surface area contributed by atoms with E-state index in [4.69, 9.17) is 4.74 Å². The molecule has 0 radical (unpaired) electrons. The summed E-state index contributed by atoms with van der Waals surface area (Å²) in [6.45, 7) is 5.42. The average Bonchev–Trinajstić information content (AvgIpc) is 2.96. The van der Waals surface area contributed by atoms with E-state index in [1.54, 1.807) is 0 Å². The number of hydrogen-bond donors (Lipinski definition) is 1. The summed E-state index contributed by atoms with van der Waals surface area (Å²) >= 11 is 0. The molecule has 1 saturated carbocycles. The second kappa shape index (κ2) is 4.93. The molecule has 2 heteroatoms. The largest absolute Gasteiger partial charge is 0.488 e. The van der Waals surface area contributed by atoms with E-state index in [0.717, 1.165) is 30.7 Å². The smallest absolute Gasteiger partial charge is 0.123 e. The molecule has 18 heavy (non-hydrogen) atoms. The van der Waals surface area contributed by atoms with Crippen molar-refractivity contribution in [1.29, 1.82) is 0 Å². The van der Waals surface area contributed by atoms with Crippen molar-refractivity contribution in [3.63, 3.8) is 0 Å². The molecule has 0 spiro atoms. The van der Waals surface area contributed by atoms with Crippen molar-refractivity contribution in [2.24, 2.45) is 5.92 Å². The fourth-order valence-electron chi connectivity index (χ4n) is 3.03. The van der Waals surface area contributed by atoms with E-state index in [-0.39, 0.29) is 0 Å².